The summed E-state index contributed by atoms with van der Waals surface area (Å²) < 4.78 is 0. The molecule has 0 radical (unpaired) electrons. The van der Waals surface area contributed by atoms with Gasteiger partial charge in [-0.2, -0.15) is 0 Å². The number of hydrogen-bond donors (Lipinski definition) is 1. The molecule has 0 bridgehead atoms. The molecule has 2 fully saturated rings. The van der Waals surface area contributed by atoms with Crippen LogP contribution in [0.25, 0.3) is 0 Å². The van der Waals surface area contributed by atoms with Crippen molar-refractivity contribution < 1.29 is 4.79 Å². The van der Waals surface area contributed by atoms with E-state index in [1.165, 1.54) is 19.3 Å². The molecular formula is C16H30N2O. The molecule has 0 spiro atoms. The summed E-state index contributed by atoms with van der Waals surface area (Å²) in [5.74, 6) is 2.37. The fourth-order valence-electron chi connectivity index (χ4n) is 3.66. The van der Waals surface area contributed by atoms with Crippen LogP contribution in [0.3, 0.4) is 0 Å². The van der Waals surface area contributed by atoms with E-state index >= 15 is 0 Å². The molecule has 110 valence electrons. The second-order valence-electron chi connectivity index (χ2n) is 6.98. The first-order chi connectivity index (χ1) is 8.95. The minimum atomic E-state index is 0.0436. The van der Waals surface area contributed by atoms with E-state index in [4.69, 9.17) is 0 Å². The van der Waals surface area contributed by atoms with Gasteiger partial charge in [-0.25, -0.2) is 0 Å². The lowest BCUT2D eigenvalue weighted by atomic mass is 9.78. The van der Waals surface area contributed by atoms with E-state index in [1.807, 2.05) is 0 Å². The second-order valence-corrected chi connectivity index (χ2v) is 6.98. The molecule has 1 heterocycles. The highest BCUT2D eigenvalue weighted by molar-refractivity contribution is 5.84. The lowest BCUT2D eigenvalue weighted by molar-refractivity contribution is -0.134. The first-order valence-corrected chi connectivity index (χ1v) is 8.03. The van der Waals surface area contributed by atoms with Gasteiger partial charge in [-0.3, -0.25) is 10.1 Å². The third kappa shape index (κ3) is 2.81. The molecule has 5 atom stereocenters. The fraction of sp³-hybridized carbons (Fsp3) is 0.938. The standard InChI is InChI=1S/C16H30N2O/c1-6-14-16(19)18(15(17-14)10(2)3)13-8-7-11(4)12(5)9-13/h10-15,17H,6-9H2,1-5H3. The van der Waals surface area contributed by atoms with Gasteiger partial charge < -0.3 is 4.90 Å². The van der Waals surface area contributed by atoms with Crippen molar-refractivity contribution in [3.8, 4) is 0 Å². The van der Waals surface area contributed by atoms with Gasteiger partial charge in [-0.05, 0) is 43.4 Å². The number of amides is 1. The van der Waals surface area contributed by atoms with E-state index < -0.39 is 0 Å². The Balaban J connectivity index is 2.13. The molecule has 0 aromatic heterocycles. The molecule has 1 saturated carbocycles. The van der Waals surface area contributed by atoms with Crippen LogP contribution in [0.1, 0.15) is 60.3 Å². The summed E-state index contributed by atoms with van der Waals surface area (Å²) >= 11 is 0. The summed E-state index contributed by atoms with van der Waals surface area (Å²) in [7, 11) is 0. The van der Waals surface area contributed by atoms with Crippen molar-refractivity contribution in [1.82, 2.24) is 10.2 Å². The molecule has 1 saturated heterocycles. The van der Waals surface area contributed by atoms with Crippen LogP contribution >= 0.6 is 0 Å². The minimum Gasteiger partial charge on any atom is -0.323 e. The van der Waals surface area contributed by atoms with Gasteiger partial charge in [0, 0.05) is 6.04 Å². The highest BCUT2D eigenvalue weighted by Crippen LogP contribution is 2.35. The zero-order valence-electron chi connectivity index (χ0n) is 13.1. The summed E-state index contributed by atoms with van der Waals surface area (Å²) in [4.78, 5) is 14.8. The Morgan fingerprint density at radius 1 is 1.26 bits per heavy atom. The van der Waals surface area contributed by atoms with E-state index in [1.54, 1.807) is 0 Å². The number of hydrogen-bond acceptors (Lipinski definition) is 2. The molecule has 19 heavy (non-hydrogen) atoms. The molecule has 3 heteroatoms. The quantitative estimate of drug-likeness (QED) is 0.851. The van der Waals surface area contributed by atoms with Gasteiger partial charge in [0.05, 0.1) is 12.2 Å². The van der Waals surface area contributed by atoms with Crippen LogP contribution in [-0.2, 0) is 4.79 Å². The summed E-state index contributed by atoms with van der Waals surface area (Å²) in [5, 5.41) is 3.54. The number of carbonyl (C=O) groups excluding carboxylic acids is 1. The summed E-state index contributed by atoms with van der Waals surface area (Å²) in [6.07, 6.45) is 4.75. The average molecular weight is 266 g/mol. The van der Waals surface area contributed by atoms with Crippen LogP contribution in [-0.4, -0.2) is 29.1 Å². The number of nitrogens with one attached hydrogen (secondary N) is 1. The van der Waals surface area contributed by atoms with Crippen LogP contribution in [0.15, 0.2) is 0 Å². The smallest absolute Gasteiger partial charge is 0.241 e. The molecule has 2 rings (SSSR count). The monoisotopic (exact) mass is 266 g/mol. The topological polar surface area (TPSA) is 32.3 Å². The van der Waals surface area contributed by atoms with Gasteiger partial charge >= 0.3 is 0 Å². The second kappa shape index (κ2) is 5.82. The predicted molar refractivity (Wildman–Crippen MR) is 78.7 cm³/mol. The zero-order chi connectivity index (χ0) is 14.2. The minimum absolute atomic E-state index is 0.0436. The maximum atomic E-state index is 12.6. The molecule has 2 aliphatic rings. The Hall–Kier alpha value is -0.570. The zero-order valence-corrected chi connectivity index (χ0v) is 13.1. The first-order valence-electron chi connectivity index (χ1n) is 8.03. The third-order valence-corrected chi connectivity index (χ3v) is 5.23. The van der Waals surface area contributed by atoms with E-state index in [2.05, 4.69) is 44.8 Å². The summed E-state index contributed by atoms with van der Waals surface area (Å²) in [6.45, 7) is 11.2. The van der Waals surface area contributed by atoms with Gasteiger partial charge in [-0.1, -0.05) is 34.6 Å². The SMILES string of the molecule is CCC1NC(C(C)C)N(C2CCC(C)C(C)C2)C1=O. The Bertz CT molecular complexity index is 329. The van der Waals surface area contributed by atoms with Crippen LogP contribution in [0, 0.1) is 17.8 Å². The van der Waals surface area contributed by atoms with Crippen LogP contribution in [0.5, 0.6) is 0 Å². The number of carbonyl (C=O) groups is 1. The van der Waals surface area contributed by atoms with Crippen molar-refractivity contribution in [3.05, 3.63) is 0 Å². The summed E-state index contributed by atoms with van der Waals surface area (Å²) in [6, 6.07) is 0.497. The first kappa shape index (κ1) is 14.8. The molecule has 3 nitrogen and oxygen atoms in total. The largest absolute Gasteiger partial charge is 0.323 e. The van der Waals surface area contributed by atoms with Gasteiger partial charge in [0.2, 0.25) is 5.91 Å². The highest BCUT2D eigenvalue weighted by atomic mass is 16.2. The van der Waals surface area contributed by atoms with E-state index in [0.29, 0.717) is 17.9 Å². The Kier molecular flexibility index (Phi) is 4.54. The van der Waals surface area contributed by atoms with Gasteiger partial charge in [0.1, 0.15) is 0 Å². The summed E-state index contributed by atoms with van der Waals surface area (Å²) in [5.41, 5.74) is 0. The molecule has 0 aromatic carbocycles. The van der Waals surface area contributed by atoms with Crippen molar-refractivity contribution in [2.45, 2.75) is 78.6 Å². The van der Waals surface area contributed by atoms with E-state index in [9.17, 15) is 4.79 Å². The van der Waals surface area contributed by atoms with Crippen LogP contribution in [0.2, 0.25) is 0 Å². The molecule has 1 aliphatic heterocycles. The molecule has 5 unspecified atom stereocenters. The molecule has 1 aliphatic carbocycles. The molecule has 0 aromatic rings. The van der Waals surface area contributed by atoms with Gasteiger partial charge in [-0.15, -0.1) is 0 Å². The van der Waals surface area contributed by atoms with Crippen molar-refractivity contribution in [3.63, 3.8) is 0 Å². The molecular weight excluding hydrogens is 236 g/mol. The maximum Gasteiger partial charge on any atom is 0.241 e. The van der Waals surface area contributed by atoms with Crippen molar-refractivity contribution in [2.24, 2.45) is 17.8 Å². The predicted octanol–water partition coefficient (Wildman–Crippen LogP) is 3.00. The van der Waals surface area contributed by atoms with Gasteiger partial charge in [0.25, 0.3) is 0 Å². The third-order valence-electron chi connectivity index (χ3n) is 5.23. The lowest BCUT2D eigenvalue weighted by Crippen LogP contribution is -2.49. The lowest BCUT2D eigenvalue weighted by Gasteiger charge is -2.40. The maximum absolute atomic E-state index is 12.6. The number of rotatable bonds is 3. The van der Waals surface area contributed by atoms with Crippen LogP contribution in [0.4, 0.5) is 0 Å². The van der Waals surface area contributed by atoms with Gasteiger partial charge in [0.15, 0.2) is 0 Å². The molecule has 1 N–H and O–H groups in total. The van der Waals surface area contributed by atoms with Crippen molar-refractivity contribution in [2.75, 3.05) is 0 Å². The Morgan fingerprint density at radius 3 is 2.47 bits per heavy atom. The Labute approximate surface area is 118 Å². The molecule has 1 amide bonds. The highest BCUT2D eigenvalue weighted by Gasteiger charge is 2.44. The van der Waals surface area contributed by atoms with E-state index in [-0.39, 0.29) is 12.2 Å². The Morgan fingerprint density at radius 2 is 1.95 bits per heavy atom. The normalized spacial score (nSPS) is 40.2. The van der Waals surface area contributed by atoms with E-state index in [0.717, 1.165) is 18.3 Å². The number of nitrogens with zero attached hydrogens (tertiary/aromatic N) is 1. The van der Waals surface area contributed by atoms with Crippen molar-refractivity contribution in [1.29, 1.82) is 0 Å². The van der Waals surface area contributed by atoms with Crippen molar-refractivity contribution >= 4 is 5.91 Å². The average Bonchev–Trinajstić information content (AvgIpc) is 2.70. The van der Waals surface area contributed by atoms with Crippen LogP contribution < -0.4 is 5.32 Å². The fourth-order valence-corrected chi connectivity index (χ4v) is 3.66.